The first kappa shape index (κ1) is 18.2. The molecule has 1 aromatic rings. The number of carbonyl (C=O) groups excluding carboxylic acids is 2. The highest BCUT2D eigenvalue weighted by molar-refractivity contribution is 5.91. The lowest BCUT2D eigenvalue weighted by Crippen LogP contribution is -2.50. The number of aryl methyl sites for hydroxylation is 1. The molecule has 2 aliphatic rings. The van der Waals surface area contributed by atoms with E-state index in [1.54, 1.807) is 19.9 Å². The molecule has 6 heteroatoms. The van der Waals surface area contributed by atoms with Gasteiger partial charge < -0.3 is 15.0 Å². The van der Waals surface area contributed by atoms with Gasteiger partial charge in [-0.1, -0.05) is 0 Å². The fourth-order valence-corrected chi connectivity index (χ4v) is 3.57. The number of hydrogen-bond acceptors (Lipinski definition) is 5. The molecule has 6 nitrogen and oxygen atoms in total. The average Bonchev–Trinajstić information content (AvgIpc) is 3.47. The number of anilines is 1. The Kier molecular flexibility index (Phi) is 5.17. The Morgan fingerprint density at radius 1 is 1.42 bits per heavy atom. The lowest BCUT2D eigenvalue weighted by Gasteiger charge is -2.32. The first-order valence-corrected chi connectivity index (χ1v) is 9.24. The zero-order valence-electron chi connectivity index (χ0n) is 15.4. The first-order chi connectivity index (χ1) is 12.5. The molecule has 1 aliphatic carbocycles. The van der Waals surface area contributed by atoms with E-state index in [1.807, 2.05) is 17.0 Å². The molecule has 0 radical (unpaired) electrons. The number of esters is 1. The van der Waals surface area contributed by atoms with E-state index in [2.05, 4.69) is 11.4 Å². The number of nitrogens with one attached hydrogen (secondary N) is 1. The Bertz CT molecular complexity index is 751. The van der Waals surface area contributed by atoms with E-state index in [-0.39, 0.29) is 24.3 Å². The summed E-state index contributed by atoms with van der Waals surface area (Å²) in [4.78, 5) is 26.5. The van der Waals surface area contributed by atoms with E-state index in [0.717, 1.165) is 43.5 Å². The van der Waals surface area contributed by atoms with Crippen LogP contribution in [0.3, 0.4) is 0 Å². The molecule has 1 aliphatic heterocycles. The summed E-state index contributed by atoms with van der Waals surface area (Å²) in [6.45, 7) is 4.94. The van der Waals surface area contributed by atoms with E-state index in [9.17, 15) is 14.9 Å². The molecule has 1 atom stereocenters. The predicted octanol–water partition coefficient (Wildman–Crippen LogP) is 2.42. The van der Waals surface area contributed by atoms with Gasteiger partial charge in [0.25, 0.3) is 0 Å². The van der Waals surface area contributed by atoms with Crippen molar-refractivity contribution in [1.29, 1.82) is 5.26 Å². The number of nitrogens with zero attached hydrogens (tertiary/aromatic N) is 2. The molecule has 1 fully saturated rings. The number of benzene rings is 1. The van der Waals surface area contributed by atoms with Crippen molar-refractivity contribution in [1.82, 2.24) is 5.32 Å². The van der Waals surface area contributed by atoms with Gasteiger partial charge in [-0.15, -0.1) is 0 Å². The van der Waals surface area contributed by atoms with Crippen LogP contribution < -0.4 is 10.2 Å². The van der Waals surface area contributed by atoms with Gasteiger partial charge in [-0.2, -0.15) is 5.26 Å². The maximum absolute atomic E-state index is 12.5. The molecule has 0 spiro atoms. The molecule has 0 unspecified atom stereocenters. The van der Waals surface area contributed by atoms with E-state index in [0.29, 0.717) is 12.2 Å². The SMILES string of the molecule is CCOC(=O)c1ccc2c(c1)CCCN2CC(=O)N[C@](C)(C#N)C1CC1. The van der Waals surface area contributed by atoms with Gasteiger partial charge in [0.15, 0.2) is 0 Å². The molecular formula is C20H25N3O3. The number of hydrogen-bond donors (Lipinski definition) is 1. The van der Waals surface area contributed by atoms with E-state index >= 15 is 0 Å². The van der Waals surface area contributed by atoms with Crippen molar-refractivity contribution in [3.63, 3.8) is 0 Å². The fraction of sp³-hybridized carbons (Fsp3) is 0.550. The summed E-state index contributed by atoms with van der Waals surface area (Å²) < 4.78 is 5.06. The molecule has 1 amide bonds. The topological polar surface area (TPSA) is 82.4 Å². The van der Waals surface area contributed by atoms with Crippen LogP contribution in [0.5, 0.6) is 0 Å². The number of fused-ring (bicyclic) bond motifs is 1. The maximum Gasteiger partial charge on any atom is 0.338 e. The quantitative estimate of drug-likeness (QED) is 0.793. The zero-order chi connectivity index (χ0) is 18.7. The smallest absolute Gasteiger partial charge is 0.338 e. The van der Waals surface area contributed by atoms with Gasteiger partial charge in [-0.3, -0.25) is 4.79 Å². The van der Waals surface area contributed by atoms with Crippen molar-refractivity contribution >= 4 is 17.6 Å². The van der Waals surface area contributed by atoms with Crippen molar-refractivity contribution in [2.24, 2.45) is 5.92 Å². The highest BCUT2D eigenvalue weighted by Gasteiger charge is 2.43. The second-order valence-electron chi connectivity index (χ2n) is 7.23. The Morgan fingerprint density at radius 2 is 2.19 bits per heavy atom. The van der Waals surface area contributed by atoms with Crippen LogP contribution in [0.15, 0.2) is 18.2 Å². The van der Waals surface area contributed by atoms with Gasteiger partial charge >= 0.3 is 5.97 Å². The average molecular weight is 355 g/mol. The monoisotopic (exact) mass is 355 g/mol. The molecular weight excluding hydrogens is 330 g/mol. The highest BCUT2D eigenvalue weighted by Crippen LogP contribution is 2.39. The summed E-state index contributed by atoms with van der Waals surface area (Å²) in [5.41, 5.74) is 1.80. The second kappa shape index (κ2) is 7.36. The predicted molar refractivity (Wildman–Crippen MR) is 97.8 cm³/mol. The summed E-state index contributed by atoms with van der Waals surface area (Å²) in [7, 11) is 0. The van der Waals surface area contributed by atoms with E-state index < -0.39 is 5.54 Å². The normalized spacial score (nSPS) is 18.3. The molecule has 0 saturated heterocycles. The van der Waals surface area contributed by atoms with Crippen LogP contribution in [0.4, 0.5) is 5.69 Å². The van der Waals surface area contributed by atoms with Gasteiger partial charge in [0.1, 0.15) is 5.54 Å². The van der Waals surface area contributed by atoms with Crippen LogP contribution in [0.25, 0.3) is 0 Å². The Labute approximate surface area is 154 Å². The van der Waals surface area contributed by atoms with Crippen LogP contribution in [0, 0.1) is 17.2 Å². The molecule has 1 saturated carbocycles. The summed E-state index contributed by atoms with van der Waals surface area (Å²) in [6.07, 6.45) is 3.78. The molecule has 1 N–H and O–H groups in total. The van der Waals surface area contributed by atoms with Crippen molar-refractivity contribution < 1.29 is 14.3 Å². The van der Waals surface area contributed by atoms with Crippen LogP contribution in [0.1, 0.15) is 49.0 Å². The Hall–Kier alpha value is -2.55. The third kappa shape index (κ3) is 3.82. The molecule has 3 rings (SSSR count). The van der Waals surface area contributed by atoms with Crippen molar-refractivity contribution in [3.8, 4) is 6.07 Å². The Balaban J connectivity index is 1.70. The minimum atomic E-state index is -0.774. The zero-order valence-corrected chi connectivity index (χ0v) is 15.4. The third-order valence-electron chi connectivity index (χ3n) is 5.17. The highest BCUT2D eigenvalue weighted by atomic mass is 16.5. The van der Waals surface area contributed by atoms with Crippen LogP contribution in [-0.4, -0.2) is 37.1 Å². The standard InChI is InChI=1S/C20H25N3O3/c1-3-26-19(25)15-6-9-17-14(11-15)5-4-10-23(17)12-18(24)22-20(2,13-21)16-7-8-16/h6,9,11,16H,3-5,7-8,10,12H2,1-2H3,(H,22,24)/t20-/m1/s1. The minimum absolute atomic E-state index is 0.136. The van der Waals surface area contributed by atoms with Crippen molar-refractivity contribution in [2.75, 3.05) is 24.6 Å². The summed E-state index contributed by atoms with van der Waals surface area (Å²) in [6, 6.07) is 7.75. The van der Waals surface area contributed by atoms with Crippen LogP contribution in [0.2, 0.25) is 0 Å². The first-order valence-electron chi connectivity index (χ1n) is 9.24. The van der Waals surface area contributed by atoms with Crippen molar-refractivity contribution in [3.05, 3.63) is 29.3 Å². The summed E-state index contributed by atoms with van der Waals surface area (Å²) in [5, 5.41) is 12.3. The fourth-order valence-electron chi connectivity index (χ4n) is 3.57. The van der Waals surface area contributed by atoms with Gasteiger partial charge in [0.05, 0.1) is 24.8 Å². The largest absolute Gasteiger partial charge is 0.462 e. The Morgan fingerprint density at radius 3 is 2.85 bits per heavy atom. The van der Waals surface area contributed by atoms with Gasteiger partial charge in [0, 0.05) is 12.2 Å². The number of amides is 1. The lowest BCUT2D eigenvalue weighted by molar-refractivity contribution is -0.121. The van der Waals surface area contributed by atoms with Gasteiger partial charge in [-0.25, -0.2) is 4.79 Å². The van der Waals surface area contributed by atoms with E-state index in [4.69, 9.17) is 4.74 Å². The number of carbonyl (C=O) groups is 2. The molecule has 138 valence electrons. The van der Waals surface area contributed by atoms with Gasteiger partial charge in [-0.05, 0) is 69.2 Å². The summed E-state index contributed by atoms with van der Waals surface area (Å²) in [5.74, 6) is -0.195. The number of ether oxygens (including phenoxy) is 1. The van der Waals surface area contributed by atoms with Crippen LogP contribution >= 0.6 is 0 Å². The van der Waals surface area contributed by atoms with Crippen molar-refractivity contribution in [2.45, 2.75) is 45.1 Å². The second-order valence-corrected chi connectivity index (χ2v) is 7.23. The molecule has 1 aromatic carbocycles. The maximum atomic E-state index is 12.5. The number of rotatable bonds is 6. The third-order valence-corrected chi connectivity index (χ3v) is 5.17. The molecule has 0 bridgehead atoms. The van der Waals surface area contributed by atoms with Crippen LogP contribution in [-0.2, 0) is 16.0 Å². The minimum Gasteiger partial charge on any atom is -0.462 e. The summed E-state index contributed by atoms with van der Waals surface area (Å²) >= 11 is 0. The lowest BCUT2D eigenvalue weighted by atomic mass is 9.97. The van der Waals surface area contributed by atoms with Gasteiger partial charge in [0.2, 0.25) is 5.91 Å². The van der Waals surface area contributed by atoms with E-state index in [1.165, 1.54) is 0 Å². The molecule has 1 heterocycles. The molecule has 26 heavy (non-hydrogen) atoms. The number of nitriles is 1. The molecule has 0 aromatic heterocycles.